The second kappa shape index (κ2) is 8.89. The van der Waals surface area contributed by atoms with Crippen molar-refractivity contribution in [1.29, 1.82) is 0 Å². The van der Waals surface area contributed by atoms with Gasteiger partial charge in [0.2, 0.25) is 5.91 Å². The number of amides is 2. The number of likely N-dealkylation sites (tertiary alicyclic amines) is 1. The van der Waals surface area contributed by atoms with E-state index < -0.39 is 0 Å². The minimum absolute atomic E-state index is 0.0209. The third-order valence-electron chi connectivity index (χ3n) is 5.30. The van der Waals surface area contributed by atoms with Gasteiger partial charge in [-0.25, -0.2) is 0 Å². The Morgan fingerprint density at radius 1 is 1.15 bits per heavy atom. The highest BCUT2D eigenvalue weighted by Crippen LogP contribution is 2.21. The number of hydrogen-bond donors (Lipinski definition) is 0. The van der Waals surface area contributed by atoms with Crippen molar-refractivity contribution in [2.45, 2.75) is 32.2 Å². The van der Waals surface area contributed by atoms with Crippen molar-refractivity contribution in [3.05, 3.63) is 32.4 Å². The van der Waals surface area contributed by atoms with Crippen molar-refractivity contribution >= 4 is 46.0 Å². The summed E-state index contributed by atoms with van der Waals surface area (Å²) in [7, 11) is 0. The van der Waals surface area contributed by atoms with Crippen molar-refractivity contribution in [3.8, 4) is 0 Å². The predicted octanol–water partition coefficient (Wildman–Crippen LogP) is 3.10. The molecule has 0 radical (unpaired) electrons. The highest BCUT2D eigenvalue weighted by atomic mass is 127. The molecule has 2 saturated heterocycles. The highest BCUT2D eigenvalue weighted by molar-refractivity contribution is 14.1. The van der Waals surface area contributed by atoms with Crippen LogP contribution in [0.15, 0.2) is 18.2 Å². The second-order valence-corrected chi connectivity index (χ2v) is 8.72. The van der Waals surface area contributed by atoms with Gasteiger partial charge in [-0.2, -0.15) is 0 Å². The Hall–Kier alpha value is -0.860. The molecule has 2 aliphatic heterocycles. The molecular weight excluding hydrogens is 465 g/mol. The van der Waals surface area contributed by atoms with Crippen molar-refractivity contribution in [1.82, 2.24) is 14.7 Å². The van der Waals surface area contributed by atoms with Gasteiger partial charge in [-0.1, -0.05) is 11.6 Å². The molecule has 26 heavy (non-hydrogen) atoms. The van der Waals surface area contributed by atoms with Gasteiger partial charge in [0.15, 0.2) is 0 Å². The second-order valence-electron chi connectivity index (χ2n) is 7.12. The minimum Gasteiger partial charge on any atom is -0.339 e. The smallest absolute Gasteiger partial charge is 0.255 e. The van der Waals surface area contributed by atoms with E-state index in [1.165, 1.54) is 6.42 Å². The van der Waals surface area contributed by atoms with E-state index in [1.807, 2.05) is 15.9 Å². The summed E-state index contributed by atoms with van der Waals surface area (Å²) >= 11 is 8.21. The maximum Gasteiger partial charge on any atom is 0.255 e. The van der Waals surface area contributed by atoms with E-state index in [0.29, 0.717) is 36.3 Å². The summed E-state index contributed by atoms with van der Waals surface area (Å²) in [6.45, 7) is 6.23. The van der Waals surface area contributed by atoms with Crippen LogP contribution in [0, 0.1) is 3.57 Å². The van der Waals surface area contributed by atoms with E-state index in [0.717, 1.165) is 36.0 Å². The molecule has 2 fully saturated rings. The molecule has 1 aromatic carbocycles. The molecule has 142 valence electrons. The molecule has 1 atom stereocenters. The van der Waals surface area contributed by atoms with Gasteiger partial charge in [0.25, 0.3) is 5.91 Å². The molecule has 0 aliphatic carbocycles. The van der Waals surface area contributed by atoms with Gasteiger partial charge in [-0.05, 0) is 67.0 Å². The number of rotatable bonds is 3. The van der Waals surface area contributed by atoms with Gasteiger partial charge in [0.05, 0.1) is 12.1 Å². The van der Waals surface area contributed by atoms with Crippen LogP contribution in [0.2, 0.25) is 5.02 Å². The summed E-state index contributed by atoms with van der Waals surface area (Å²) in [6, 6.07) is 5.75. The maximum atomic E-state index is 12.8. The molecule has 2 amide bonds. The van der Waals surface area contributed by atoms with E-state index in [9.17, 15) is 9.59 Å². The summed E-state index contributed by atoms with van der Waals surface area (Å²) in [4.78, 5) is 31.4. The lowest BCUT2D eigenvalue weighted by molar-refractivity contribution is -0.136. The van der Waals surface area contributed by atoms with Crippen molar-refractivity contribution < 1.29 is 9.59 Å². The fourth-order valence-corrected chi connectivity index (χ4v) is 4.43. The first-order valence-corrected chi connectivity index (χ1v) is 10.7. The van der Waals surface area contributed by atoms with E-state index in [2.05, 4.69) is 34.4 Å². The molecule has 0 saturated carbocycles. The first kappa shape index (κ1) is 19.9. The molecule has 2 heterocycles. The molecule has 7 heteroatoms. The summed E-state index contributed by atoms with van der Waals surface area (Å²) in [5.74, 6) is 0.244. The van der Waals surface area contributed by atoms with E-state index in [1.54, 1.807) is 12.1 Å². The average Bonchev–Trinajstić information content (AvgIpc) is 2.64. The first-order valence-electron chi connectivity index (χ1n) is 9.22. The van der Waals surface area contributed by atoms with Gasteiger partial charge >= 0.3 is 0 Å². The van der Waals surface area contributed by atoms with E-state index >= 15 is 0 Å². The lowest BCUT2D eigenvalue weighted by Crippen LogP contribution is -2.53. The zero-order valence-electron chi connectivity index (χ0n) is 15.1. The van der Waals surface area contributed by atoms with Crippen molar-refractivity contribution in [3.63, 3.8) is 0 Å². The first-order chi connectivity index (χ1) is 12.5. The van der Waals surface area contributed by atoms with Crippen LogP contribution in [0.3, 0.4) is 0 Å². The topological polar surface area (TPSA) is 43.9 Å². The molecule has 0 bridgehead atoms. The molecular formula is C19H25ClIN3O2. The van der Waals surface area contributed by atoms with E-state index in [4.69, 9.17) is 11.6 Å². The Morgan fingerprint density at radius 3 is 2.58 bits per heavy atom. The molecule has 0 aromatic heterocycles. The van der Waals surface area contributed by atoms with Crippen LogP contribution >= 0.6 is 34.2 Å². The number of carbonyl (C=O) groups is 2. The van der Waals surface area contributed by atoms with Crippen LogP contribution in [-0.4, -0.2) is 71.8 Å². The fourth-order valence-electron chi connectivity index (χ4n) is 3.69. The largest absolute Gasteiger partial charge is 0.339 e. The van der Waals surface area contributed by atoms with E-state index in [-0.39, 0.29) is 11.8 Å². The summed E-state index contributed by atoms with van der Waals surface area (Å²) in [5, 5.41) is 0.577. The highest BCUT2D eigenvalue weighted by Gasteiger charge is 2.28. The standard InChI is InChI=1S/C19H25ClIN3O2/c1-14-4-2-3-7-24(14)18(25)13-22-8-10-23(11-9-22)19(26)16-12-15(20)5-6-17(16)21/h5-6,12,14H,2-4,7-11,13H2,1H3. The van der Waals surface area contributed by atoms with Gasteiger partial charge in [0, 0.05) is 47.4 Å². The third-order valence-corrected chi connectivity index (χ3v) is 6.48. The van der Waals surface area contributed by atoms with Crippen LogP contribution < -0.4 is 0 Å². The van der Waals surface area contributed by atoms with Crippen molar-refractivity contribution in [2.24, 2.45) is 0 Å². The SMILES string of the molecule is CC1CCCCN1C(=O)CN1CCN(C(=O)c2cc(Cl)ccc2I)CC1. The molecule has 1 aromatic rings. The van der Waals surface area contributed by atoms with Crippen LogP contribution in [0.5, 0.6) is 0 Å². The monoisotopic (exact) mass is 489 g/mol. The predicted molar refractivity (Wildman–Crippen MR) is 112 cm³/mol. The maximum absolute atomic E-state index is 12.8. The minimum atomic E-state index is 0.0209. The number of benzene rings is 1. The normalized spacial score (nSPS) is 21.7. The Bertz CT molecular complexity index is 677. The molecule has 0 N–H and O–H groups in total. The Balaban J connectivity index is 1.53. The lowest BCUT2D eigenvalue weighted by atomic mass is 10.0. The molecule has 3 rings (SSSR count). The Morgan fingerprint density at radius 2 is 1.88 bits per heavy atom. The zero-order chi connectivity index (χ0) is 18.7. The summed E-state index contributed by atoms with van der Waals surface area (Å²) < 4.78 is 0.911. The molecule has 5 nitrogen and oxygen atoms in total. The Kier molecular flexibility index (Phi) is 6.80. The van der Waals surface area contributed by atoms with Gasteiger partial charge < -0.3 is 9.80 Å². The van der Waals surface area contributed by atoms with Gasteiger partial charge in [0.1, 0.15) is 0 Å². The Labute approximate surface area is 173 Å². The summed E-state index contributed by atoms with van der Waals surface area (Å²) in [6.07, 6.45) is 3.43. The quantitative estimate of drug-likeness (QED) is 0.613. The van der Waals surface area contributed by atoms with Gasteiger partial charge in [-0.15, -0.1) is 0 Å². The number of nitrogens with zero attached hydrogens (tertiary/aromatic N) is 3. The van der Waals surface area contributed by atoms with Crippen LogP contribution in [0.25, 0.3) is 0 Å². The third kappa shape index (κ3) is 4.70. The van der Waals surface area contributed by atoms with Crippen LogP contribution in [0.1, 0.15) is 36.5 Å². The number of halogens is 2. The van der Waals surface area contributed by atoms with Crippen LogP contribution in [0.4, 0.5) is 0 Å². The molecule has 1 unspecified atom stereocenters. The average molecular weight is 490 g/mol. The fraction of sp³-hybridized carbons (Fsp3) is 0.579. The molecule has 0 spiro atoms. The summed E-state index contributed by atoms with van der Waals surface area (Å²) in [5.41, 5.74) is 0.657. The van der Waals surface area contributed by atoms with Crippen LogP contribution in [-0.2, 0) is 4.79 Å². The lowest BCUT2D eigenvalue weighted by Gasteiger charge is -2.38. The van der Waals surface area contributed by atoms with Gasteiger partial charge in [-0.3, -0.25) is 14.5 Å². The number of piperidine rings is 1. The number of carbonyl (C=O) groups excluding carboxylic acids is 2. The van der Waals surface area contributed by atoms with Crippen molar-refractivity contribution in [2.75, 3.05) is 39.3 Å². The number of piperazine rings is 1. The zero-order valence-corrected chi connectivity index (χ0v) is 18.0. The number of hydrogen-bond acceptors (Lipinski definition) is 3. The molecule has 2 aliphatic rings.